The first-order valence-corrected chi connectivity index (χ1v) is 13.3. The SMILES string of the molecule is CCN(CC)CCCCN(Cc1ccc(OC)c(OC)c1)S(=O)(=O)c1ccc2ccccc2c1. The van der Waals surface area contributed by atoms with Crippen LogP contribution in [0.3, 0.4) is 0 Å². The lowest BCUT2D eigenvalue weighted by Crippen LogP contribution is -2.32. The van der Waals surface area contributed by atoms with E-state index in [9.17, 15) is 8.42 Å². The molecule has 0 radical (unpaired) electrons. The van der Waals surface area contributed by atoms with Crippen molar-refractivity contribution in [3.8, 4) is 11.5 Å². The van der Waals surface area contributed by atoms with Crippen LogP contribution in [0.2, 0.25) is 0 Å². The van der Waals surface area contributed by atoms with Crippen molar-refractivity contribution >= 4 is 20.8 Å². The van der Waals surface area contributed by atoms with Crippen molar-refractivity contribution in [2.45, 2.75) is 38.1 Å². The molecule has 184 valence electrons. The Morgan fingerprint density at radius 2 is 1.44 bits per heavy atom. The molecule has 3 rings (SSSR count). The summed E-state index contributed by atoms with van der Waals surface area (Å²) in [5.41, 5.74) is 0.853. The van der Waals surface area contributed by atoms with Crippen LogP contribution < -0.4 is 9.47 Å². The summed E-state index contributed by atoms with van der Waals surface area (Å²) >= 11 is 0. The molecule has 7 heteroatoms. The van der Waals surface area contributed by atoms with E-state index in [0.717, 1.165) is 48.8 Å². The smallest absolute Gasteiger partial charge is 0.243 e. The van der Waals surface area contributed by atoms with E-state index in [1.165, 1.54) is 0 Å². The van der Waals surface area contributed by atoms with Gasteiger partial charge in [0.2, 0.25) is 10.0 Å². The van der Waals surface area contributed by atoms with E-state index in [-0.39, 0.29) is 6.54 Å². The number of unbranched alkanes of at least 4 members (excludes halogenated alkanes) is 1. The normalized spacial score (nSPS) is 11.9. The lowest BCUT2D eigenvalue weighted by molar-refractivity contribution is 0.289. The molecule has 0 saturated heterocycles. The lowest BCUT2D eigenvalue weighted by atomic mass is 10.1. The van der Waals surface area contributed by atoms with Gasteiger partial charge in [0, 0.05) is 13.1 Å². The summed E-state index contributed by atoms with van der Waals surface area (Å²) in [7, 11) is -0.521. The Labute approximate surface area is 204 Å². The summed E-state index contributed by atoms with van der Waals surface area (Å²) in [6.45, 7) is 7.98. The fraction of sp³-hybridized carbons (Fsp3) is 0.407. The summed E-state index contributed by atoms with van der Waals surface area (Å²) < 4.78 is 39.9. The fourth-order valence-corrected chi connectivity index (χ4v) is 5.61. The Balaban J connectivity index is 1.87. The zero-order valence-corrected chi connectivity index (χ0v) is 21.5. The fourth-order valence-electron chi connectivity index (χ4n) is 4.11. The van der Waals surface area contributed by atoms with Crippen molar-refractivity contribution in [3.05, 3.63) is 66.2 Å². The number of benzene rings is 3. The molecule has 0 N–H and O–H groups in total. The highest BCUT2D eigenvalue weighted by Crippen LogP contribution is 2.29. The minimum Gasteiger partial charge on any atom is -0.493 e. The summed E-state index contributed by atoms with van der Waals surface area (Å²) in [6.07, 6.45) is 1.73. The minimum atomic E-state index is -3.69. The Morgan fingerprint density at radius 3 is 2.12 bits per heavy atom. The monoisotopic (exact) mass is 484 g/mol. The lowest BCUT2D eigenvalue weighted by Gasteiger charge is -2.24. The number of fused-ring (bicyclic) bond motifs is 1. The minimum absolute atomic E-state index is 0.265. The average molecular weight is 485 g/mol. The van der Waals surface area contributed by atoms with Crippen LogP contribution in [0.1, 0.15) is 32.3 Å². The summed E-state index contributed by atoms with van der Waals surface area (Å²) in [5, 5.41) is 1.93. The van der Waals surface area contributed by atoms with Gasteiger partial charge in [-0.05, 0) is 73.1 Å². The first kappa shape index (κ1) is 26.0. The van der Waals surface area contributed by atoms with Crippen molar-refractivity contribution in [2.24, 2.45) is 0 Å². The van der Waals surface area contributed by atoms with E-state index < -0.39 is 10.0 Å². The second-order valence-corrected chi connectivity index (χ2v) is 10.2. The van der Waals surface area contributed by atoms with Crippen LogP contribution in [-0.2, 0) is 16.6 Å². The highest BCUT2D eigenvalue weighted by atomic mass is 32.2. The maximum absolute atomic E-state index is 13.8. The molecule has 0 aliphatic carbocycles. The predicted octanol–water partition coefficient (Wildman–Crippen LogP) is 5.17. The van der Waals surface area contributed by atoms with Gasteiger partial charge in [-0.15, -0.1) is 0 Å². The van der Waals surface area contributed by atoms with Gasteiger partial charge in [0.15, 0.2) is 11.5 Å². The Hall–Kier alpha value is -2.61. The van der Waals surface area contributed by atoms with E-state index in [1.807, 2.05) is 48.5 Å². The number of hydrogen-bond acceptors (Lipinski definition) is 5. The zero-order chi connectivity index (χ0) is 24.6. The van der Waals surface area contributed by atoms with Crippen molar-refractivity contribution in [3.63, 3.8) is 0 Å². The molecule has 0 fully saturated rings. The van der Waals surface area contributed by atoms with Gasteiger partial charge in [0.05, 0.1) is 19.1 Å². The van der Waals surface area contributed by atoms with Gasteiger partial charge in [-0.2, -0.15) is 4.31 Å². The molecule has 0 heterocycles. The topological polar surface area (TPSA) is 59.1 Å². The van der Waals surface area contributed by atoms with Gasteiger partial charge in [-0.3, -0.25) is 0 Å². The number of sulfonamides is 1. The molecule has 0 unspecified atom stereocenters. The largest absolute Gasteiger partial charge is 0.493 e. The van der Waals surface area contributed by atoms with Crippen LogP contribution in [0.25, 0.3) is 10.8 Å². The number of nitrogens with zero attached hydrogens (tertiary/aromatic N) is 2. The van der Waals surface area contributed by atoms with E-state index in [4.69, 9.17) is 9.47 Å². The highest BCUT2D eigenvalue weighted by molar-refractivity contribution is 7.89. The Kier molecular flexibility index (Phi) is 9.33. The Morgan fingerprint density at radius 1 is 0.765 bits per heavy atom. The third kappa shape index (κ3) is 6.29. The van der Waals surface area contributed by atoms with E-state index >= 15 is 0 Å². The number of hydrogen-bond donors (Lipinski definition) is 0. The summed E-state index contributed by atoms with van der Waals surface area (Å²) in [5.74, 6) is 1.21. The second-order valence-electron chi connectivity index (χ2n) is 8.27. The van der Waals surface area contributed by atoms with Gasteiger partial charge in [0.1, 0.15) is 0 Å². The summed E-state index contributed by atoms with van der Waals surface area (Å²) in [4.78, 5) is 2.67. The molecular weight excluding hydrogens is 448 g/mol. The third-order valence-corrected chi connectivity index (χ3v) is 8.03. The van der Waals surface area contributed by atoms with Gasteiger partial charge < -0.3 is 14.4 Å². The standard InChI is InChI=1S/C27H36N2O4S/c1-5-28(6-2)17-9-10-18-29(21-22-13-16-26(32-3)27(19-22)33-4)34(30,31)25-15-14-23-11-7-8-12-24(23)20-25/h7-8,11-16,19-20H,5-6,9-10,17-18,21H2,1-4H3. The molecule has 0 saturated carbocycles. The third-order valence-electron chi connectivity index (χ3n) is 6.19. The molecule has 0 amide bonds. The van der Waals surface area contributed by atoms with Gasteiger partial charge in [-0.1, -0.05) is 50.2 Å². The molecule has 34 heavy (non-hydrogen) atoms. The van der Waals surface area contributed by atoms with Crippen molar-refractivity contribution in [1.82, 2.24) is 9.21 Å². The summed E-state index contributed by atoms with van der Waals surface area (Å²) in [6, 6.07) is 18.7. The maximum atomic E-state index is 13.8. The number of methoxy groups -OCH3 is 2. The molecule has 3 aromatic carbocycles. The first-order chi connectivity index (χ1) is 16.4. The molecule has 0 aliphatic heterocycles. The molecule has 0 bridgehead atoms. The van der Waals surface area contributed by atoms with Gasteiger partial charge in [0.25, 0.3) is 0 Å². The van der Waals surface area contributed by atoms with Crippen molar-refractivity contribution in [1.29, 1.82) is 0 Å². The molecule has 3 aromatic rings. The molecule has 0 aromatic heterocycles. The predicted molar refractivity (Wildman–Crippen MR) is 138 cm³/mol. The van der Waals surface area contributed by atoms with Crippen LogP contribution in [0.4, 0.5) is 0 Å². The van der Waals surface area contributed by atoms with Crippen LogP contribution in [-0.4, -0.2) is 58.0 Å². The van der Waals surface area contributed by atoms with Crippen molar-refractivity contribution in [2.75, 3.05) is 40.4 Å². The first-order valence-electron chi connectivity index (χ1n) is 11.8. The molecule has 6 nitrogen and oxygen atoms in total. The van der Waals surface area contributed by atoms with Gasteiger partial charge >= 0.3 is 0 Å². The van der Waals surface area contributed by atoms with Crippen LogP contribution in [0.15, 0.2) is 65.6 Å². The van der Waals surface area contributed by atoms with Crippen LogP contribution in [0, 0.1) is 0 Å². The molecule has 0 atom stereocenters. The van der Waals surface area contributed by atoms with E-state index in [0.29, 0.717) is 22.9 Å². The van der Waals surface area contributed by atoms with Gasteiger partial charge in [-0.25, -0.2) is 8.42 Å². The Bertz CT molecular complexity index is 1180. The van der Waals surface area contributed by atoms with Crippen LogP contribution in [0.5, 0.6) is 11.5 Å². The number of rotatable bonds is 13. The van der Waals surface area contributed by atoms with E-state index in [1.54, 1.807) is 30.7 Å². The van der Waals surface area contributed by atoms with E-state index in [2.05, 4.69) is 18.7 Å². The molecule has 0 aliphatic rings. The van der Waals surface area contributed by atoms with Crippen molar-refractivity contribution < 1.29 is 17.9 Å². The quantitative estimate of drug-likeness (QED) is 0.313. The molecular formula is C27H36N2O4S. The molecule has 0 spiro atoms. The maximum Gasteiger partial charge on any atom is 0.243 e. The highest BCUT2D eigenvalue weighted by Gasteiger charge is 2.25. The number of ether oxygens (including phenoxy) is 2. The van der Waals surface area contributed by atoms with Crippen LogP contribution >= 0.6 is 0 Å². The zero-order valence-electron chi connectivity index (χ0n) is 20.7. The average Bonchev–Trinajstić information content (AvgIpc) is 2.87. The second kappa shape index (κ2) is 12.2.